The molecule has 0 unspecified atom stereocenters. The molecule has 0 aliphatic rings. The third-order valence-electron chi connectivity index (χ3n) is 4.33. The van der Waals surface area contributed by atoms with E-state index in [0.717, 1.165) is 29.7 Å². The first-order chi connectivity index (χ1) is 14.1. The van der Waals surface area contributed by atoms with Crippen LogP contribution in [0.4, 0.5) is 4.39 Å². The monoisotopic (exact) mass is 403 g/mol. The number of rotatable bonds is 10. The normalized spacial score (nSPS) is 11.3. The minimum atomic E-state index is -0.211. The van der Waals surface area contributed by atoms with Gasteiger partial charge in [-0.2, -0.15) is 0 Å². The minimum absolute atomic E-state index is 0.0512. The summed E-state index contributed by atoms with van der Waals surface area (Å²) in [6.45, 7) is 6.01. The van der Waals surface area contributed by atoms with Crippen molar-refractivity contribution in [3.05, 3.63) is 58.9 Å². The zero-order valence-electron chi connectivity index (χ0n) is 17.3. The van der Waals surface area contributed by atoms with Crippen molar-refractivity contribution in [3.63, 3.8) is 0 Å². The van der Waals surface area contributed by atoms with E-state index in [-0.39, 0.29) is 19.0 Å². The second kappa shape index (κ2) is 11.9. The van der Waals surface area contributed by atoms with E-state index in [1.165, 1.54) is 6.07 Å². The van der Waals surface area contributed by atoms with E-state index in [1.807, 2.05) is 38.1 Å². The first-order valence-corrected chi connectivity index (χ1v) is 9.75. The van der Waals surface area contributed by atoms with Gasteiger partial charge in [-0.1, -0.05) is 12.1 Å². The first-order valence-electron chi connectivity index (χ1n) is 9.75. The molecule has 3 N–H and O–H groups in total. The van der Waals surface area contributed by atoms with Gasteiger partial charge in [-0.15, -0.1) is 0 Å². The van der Waals surface area contributed by atoms with Gasteiger partial charge in [0.25, 0.3) is 0 Å². The number of methoxy groups -OCH3 is 1. The molecule has 2 rings (SSSR count). The molecule has 29 heavy (non-hydrogen) atoms. The lowest BCUT2D eigenvalue weighted by atomic mass is 10.1. The first kappa shape index (κ1) is 22.5. The maximum Gasteiger partial charge on any atom is 0.191 e. The second-order valence-corrected chi connectivity index (χ2v) is 6.50. The molecule has 6 nitrogen and oxygen atoms in total. The fraction of sp³-hybridized carbons (Fsp3) is 0.409. The van der Waals surface area contributed by atoms with Crippen LogP contribution >= 0.6 is 0 Å². The molecular formula is C22H30FN3O3. The van der Waals surface area contributed by atoms with Gasteiger partial charge in [0.2, 0.25) is 0 Å². The molecule has 0 spiro atoms. The third-order valence-corrected chi connectivity index (χ3v) is 4.33. The molecule has 2 aromatic rings. The topological polar surface area (TPSA) is 75.1 Å². The summed E-state index contributed by atoms with van der Waals surface area (Å²) in [5.41, 5.74) is 3.03. The molecule has 0 heterocycles. The highest BCUT2D eigenvalue weighted by Crippen LogP contribution is 2.28. The molecule has 0 aliphatic heterocycles. The van der Waals surface area contributed by atoms with Crippen LogP contribution in [0.5, 0.6) is 11.5 Å². The Bertz CT molecular complexity index is 812. The van der Waals surface area contributed by atoms with Gasteiger partial charge in [0.15, 0.2) is 17.5 Å². The number of hydrogen-bond acceptors (Lipinski definition) is 4. The molecular weight excluding hydrogens is 373 g/mol. The number of aryl methyl sites for hydroxylation is 1. The molecule has 2 aromatic carbocycles. The number of hydrogen-bond donors (Lipinski definition) is 3. The van der Waals surface area contributed by atoms with Crippen molar-refractivity contribution in [1.82, 2.24) is 10.6 Å². The number of aliphatic hydroxyl groups is 1. The van der Waals surface area contributed by atoms with E-state index in [9.17, 15) is 4.39 Å². The van der Waals surface area contributed by atoms with Crippen LogP contribution < -0.4 is 20.1 Å². The van der Waals surface area contributed by atoms with Crippen LogP contribution in [0.1, 0.15) is 23.6 Å². The van der Waals surface area contributed by atoms with Gasteiger partial charge in [0.05, 0.1) is 20.3 Å². The molecule has 0 saturated carbocycles. The number of ether oxygens (including phenoxy) is 2. The Morgan fingerprint density at radius 1 is 1.14 bits per heavy atom. The summed E-state index contributed by atoms with van der Waals surface area (Å²) in [6.07, 6.45) is 0.779. The number of benzene rings is 2. The Labute approximate surface area is 171 Å². The Morgan fingerprint density at radius 3 is 2.66 bits per heavy atom. The highest BCUT2D eigenvalue weighted by Gasteiger charge is 2.06. The smallest absolute Gasteiger partial charge is 0.191 e. The average molecular weight is 403 g/mol. The van der Waals surface area contributed by atoms with Crippen LogP contribution in [0.25, 0.3) is 0 Å². The summed E-state index contributed by atoms with van der Waals surface area (Å²) in [6, 6.07) is 10.5. The predicted molar refractivity (Wildman–Crippen MR) is 113 cm³/mol. The lowest BCUT2D eigenvalue weighted by Crippen LogP contribution is -2.38. The van der Waals surface area contributed by atoms with E-state index in [2.05, 4.69) is 15.6 Å². The summed E-state index contributed by atoms with van der Waals surface area (Å²) < 4.78 is 24.0. The van der Waals surface area contributed by atoms with Crippen molar-refractivity contribution in [1.29, 1.82) is 0 Å². The van der Waals surface area contributed by atoms with Gasteiger partial charge >= 0.3 is 0 Å². The fourth-order valence-corrected chi connectivity index (χ4v) is 2.85. The van der Waals surface area contributed by atoms with Crippen LogP contribution in [-0.4, -0.2) is 44.5 Å². The van der Waals surface area contributed by atoms with Crippen molar-refractivity contribution < 1.29 is 19.0 Å². The van der Waals surface area contributed by atoms with Gasteiger partial charge in [0, 0.05) is 13.1 Å². The molecule has 0 radical (unpaired) electrons. The van der Waals surface area contributed by atoms with Crippen LogP contribution in [0.15, 0.2) is 41.4 Å². The van der Waals surface area contributed by atoms with Crippen molar-refractivity contribution in [2.45, 2.75) is 26.8 Å². The predicted octanol–water partition coefficient (Wildman–Crippen LogP) is 2.81. The highest BCUT2D eigenvalue weighted by molar-refractivity contribution is 5.79. The third kappa shape index (κ3) is 7.27. The Kier molecular flexibility index (Phi) is 9.24. The summed E-state index contributed by atoms with van der Waals surface area (Å²) in [5, 5.41) is 15.4. The van der Waals surface area contributed by atoms with Gasteiger partial charge in [0.1, 0.15) is 12.4 Å². The SMILES string of the molecule is CCNC(=NCc1ccc(OCCO)c(OC)c1)NCCc1ccc(F)cc1C. The van der Waals surface area contributed by atoms with Gasteiger partial charge in [-0.3, -0.25) is 0 Å². The van der Waals surface area contributed by atoms with Gasteiger partial charge in [-0.05, 0) is 61.2 Å². The summed E-state index contributed by atoms with van der Waals surface area (Å²) in [5.74, 6) is 1.70. The zero-order valence-corrected chi connectivity index (χ0v) is 17.3. The van der Waals surface area contributed by atoms with E-state index in [4.69, 9.17) is 14.6 Å². The molecule has 7 heteroatoms. The summed E-state index contributed by atoms with van der Waals surface area (Å²) >= 11 is 0. The van der Waals surface area contributed by atoms with Crippen LogP contribution in [0.2, 0.25) is 0 Å². The number of aliphatic hydroxyl groups excluding tert-OH is 1. The van der Waals surface area contributed by atoms with Gasteiger partial charge in [-0.25, -0.2) is 9.38 Å². The van der Waals surface area contributed by atoms with E-state index in [1.54, 1.807) is 13.2 Å². The molecule has 0 saturated heterocycles. The van der Waals surface area contributed by atoms with Crippen molar-refractivity contribution in [2.24, 2.45) is 4.99 Å². The van der Waals surface area contributed by atoms with Crippen LogP contribution in [-0.2, 0) is 13.0 Å². The second-order valence-electron chi connectivity index (χ2n) is 6.50. The minimum Gasteiger partial charge on any atom is -0.493 e. The molecule has 0 atom stereocenters. The number of aliphatic imine (C=N–C) groups is 1. The molecule has 158 valence electrons. The van der Waals surface area contributed by atoms with Crippen molar-refractivity contribution >= 4 is 5.96 Å². The lowest BCUT2D eigenvalue weighted by Gasteiger charge is -2.13. The molecule has 0 aromatic heterocycles. The maximum atomic E-state index is 13.2. The van der Waals surface area contributed by atoms with Gasteiger partial charge < -0.3 is 25.2 Å². The molecule has 0 aliphatic carbocycles. The molecule has 0 fully saturated rings. The Hall–Kier alpha value is -2.80. The van der Waals surface area contributed by atoms with Crippen molar-refractivity contribution in [2.75, 3.05) is 33.4 Å². The quantitative estimate of drug-likeness (QED) is 0.420. The van der Waals surface area contributed by atoms with Crippen LogP contribution in [0, 0.1) is 12.7 Å². The number of guanidine groups is 1. The number of nitrogens with one attached hydrogen (secondary N) is 2. The summed E-state index contributed by atoms with van der Waals surface area (Å²) in [4.78, 5) is 4.62. The fourth-order valence-electron chi connectivity index (χ4n) is 2.85. The lowest BCUT2D eigenvalue weighted by molar-refractivity contribution is 0.196. The zero-order chi connectivity index (χ0) is 21.1. The van der Waals surface area contributed by atoms with E-state index < -0.39 is 0 Å². The highest BCUT2D eigenvalue weighted by atomic mass is 19.1. The average Bonchev–Trinajstić information content (AvgIpc) is 2.72. The van der Waals surface area contributed by atoms with E-state index >= 15 is 0 Å². The number of halogens is 1. The van der Waals surface area contributed by atoms with E-state index in [0.29, 0.717) is 30.5 Å². The maximum absolute atomic E-state index is 13.2. The largest absolute Gasteiger partial charge is 0.493 e. The molecule has 0 amide bonds. The Morgan fingerprint density at radius 2 is 1.97 bits per heavy atom. The number of nitrogens with zero attached hydrogens (tertiary/aromatic N) is 1. The Balaban J connectivity index is 1.97. The van der Waals surface area contributed by atoms with Crippen molar-refractivity contribution in [3.8, 4) is 11.5 Å². The van der Waals surface area contributed by atoms with Crippen LogP contribution in [0.3, 0.4) is 0 Å². The molecule has 0 bridgehead atoms. The summed E-state index contributed by atoms with van der Waals surface area (Å²) in [7, 11) is 1.58. The standard InChI is InChI=1S/C22H30FN3O3/c1-4-24-22(25-10-9-18-6-7-19(23)13-16(18)2)26-15-17-5-8-20(29-12-11-27)21(14-17)28-3/h5-8,13-14,27H,4,9-12,15H2,1-3H3,(H2,24,25,26).